The Hall–Kier alpha value is -2.90. The predicted octanol–water partition coefficient (Wildman–Crippen LogP) is 2.33. The molecule has 0 bridgehead atoms. The van der Waals surface area contributed by atoms with Gasteiger partial charge in [0.05, 0.1) is 7.11 Å². The molecule has 3 aromatic rings. The number of nitrogens with one attached hydrogen (secondary N) is 3. The number of piperidine rings is 1. The molecule has 0 radical (unpaired) electrons. The number of H-pyrrole nitrogens is 1. The lowest BCUT2D eigenvalue weighted by Crippen LogP contribution is -2.49. The molecule has 3 heterocycles. The molecule has 0 saturated carbocycles. The van der Waals surface area contributed by atoms with Crippen molar-refractivity contribution in [2.75, 3.05) is 26.8 Å². The maximum absolute atomic E-state index is 12.9. The number of nitrogens with zero attached hydrogens (tertiary/aromatic N) is 1. The molecule has 0 spiro atoms. The van der Waals surface area contributed by atoms with Crippen LogP contribution in [0.25, 0.3) is 22.0 Å². The summed E-state index contributed by atoms with van der Waals surface area (Å²) in [7, 11) is 1.59. The van der Waals surface area contributed by atoms with Gasteiger partial charge < -0.3 is 25.5 Å². The third-order valence-electron chi connectivity index (χ3n) is 5.59. The zero-order valence-electron chi connectivity index (χ0n) is 16.4. The first-order valence-electron chi connectivity index (χ1n) is 9.94. The molecule has 0 aliphatic carbocycles. The van der Waals surface area contributed by atoms with Crippen LogP contribution in [0.1, 0.15) is 23.3 Å². The standard InChI is InChI=1S/C22H26N4O3/c1-29-21-6-5-14(13-24-21)16-3-2-4-19-17(16)11-20(25-19)22(28)26-18-7-9-23-12-15(18)8-10-27/h2-6,11,13,15,18,23,25,27H,7-10,12H2,1H3,(H,26,28). The SMILES string of the molecule is COc1ccc(-c2cccc3[nH]c(C(=O)NC4CCNCC4CCO)cc23)cn1. The minimum absolute atomic E-state index is 0.0626. The number of aromatic amines is 1. The summed E-state index contributed by atoms with van der Waals surface area (Å²) in [5.41, 5.74) is 3.41. The average Bonchev–Trinajstić information content (AvgIpc) is 3.20. The third kappa shape index (κ3) is 4.11. The molecule has 7 nitrogen and oxygen atoms in total. The number of carbonyl (C=O) groups excluding carboxylic acids is 1. The van der Waals surface area contributed by atoms with Gasteiger partial charge in [-0.1, -0.05) is 12.1 Å². The van der Waals surface area contributed by atoms with E-state index in [2.05, 4.69) is 20.6 Å². The smallest absolute Gasteiger partial charge is 0.267 e. The first kappa shape index (κ1) is 19.4. The highest BCUT2D eigenvalue weighted by molar-refractivity contribution is 6.03. The maximum Gasteiger partial charge on any atom is 0.267 e. The van der Waals surface area contributed by atoms with E-state index < -0.39 is 0 Å². The van der Waals surface area contributed by atoms with Gasteiger partial charge in [-0.25, -0.2) is 4.98 Å². The monoisotopic (exact) mass is 394 g/mol. The number of fused-ring (bicyclic) bond motifs is 1. The van der Waals surface area contributed by atoms with Gasteiger partial charge in [0.15, 0.2) is 0 Å². The van der Waals surface area contributed by atoms with E-state index >= 15 is 0 Å². The Kier molecular flexibility index (Phi) is 5.78. The van der Waals surface area contributed by atoms with Gasteiger partial charge in [0, 0.05) is 41.4 Å². The van der Waals surface area contributed by atoms with Crippen molar-refractivity contribution in [2.24, 2.45) is 5.92 Å². The zero-order valence-corrected chi connectivity index (χ0v) is 16.4. The fourth-order valence-corrected chi connectivity index (χ4v) is 4.02. The molecular weight excluding hydrogens is 368 g/mol. The highest BCUT2D eigenvalue weighted by Crippen LogP contribution is 2.29. The van der Waals surface area contributed by atoms with Gasteiger partial charge >= 0.3 is 0 Å². The second-order valence-electron chi connectivity index (χ2n) is 7.38. The molecule has 2 unspecified atom stereocenters. The molecule has 7 heteroatoms. The highest BCUT2D eigenvalue weighted by Gasteiger charge is 2.26. The van der Waals surface area contributed by atoms with Gasteiger partial charge in [-0.05, 0) is 55.6 Å². The molecule has 2 aromatic heterocycles. The van der Waals surface area contributed by atoms with Gasteiger partial charge in [-0.3, -0.25) is 4.79 Å². The number of aromatic nitrogens is 2. The minimum atomic E-state index is -0.116. The van der Waals surface area contributed by atoms with Gasteiger partial charge in [0.25, 0.3) is 5.91 Å². The van der Waals surface area contributed by atoms with E-state index in [4.69, 9.17) is 4.74 Å². The van der Waals surface area contributed by atoms with Crippen molar-refractivity contribution in [3.63, 3.8) is 0 Å². The van der Waals surface area contributed by atoms with Gasteiger partial charge in [0.2, 0.25) is 5.88 Å². The summed E-state index contributed by atoms with van der Waals surface area (Å²) in [5, 5.41) is 16.8. The number of aliphatic hydroxyl groups is 1. The molecule has 4 rings (SSSR count). The van der Waals surface area contributed by atoms with Crippen LogP contribution in [0.2, 0.25) is 0 Å². The van der Waals surface area contributed by atoms with E-state index in [-0.39, 0.29) is 24.5 Å². The predicted molar refractivity (Wildman–Crippen MR) is 112 cm³/mol. The maximum atomic E-state index is 12.9. The minimum Gasteiger partial charge on any atom is -0.481 e. The topological polar surface area (TPSA) is 99.3 Å². The van der Waals surface area contributed by atoms with Crippen LogP contribution in [0.15, 0.2) is 42.6 Å². The molecule has 29 heavy (non-hydrogen) atoms. The van der Waals surface area contributed by atoms with Crippen LogP contribution in [-0.4, -0.2) is 53.8 Å². The Balaban J connectivity index is 1.59. The number of benzene rings is 1. The Morgan fingerprint density at radius 3 is 3.00 bits per heavy atom. The Morgan fingerprint density at radius 1 is 1.34 bits per heavy atom. The van der Waals surface area contributed by atoms with Crippen LogP contribution in [0, 0.1) is 5.92 Å². The number of aliphatic hydroxyl groups excluding tert-OH is 1. The summed E-state index contributed by atoms with van der Waals surface area (Å²) in [4.78, 5) is 20.4. The third-order valence-corrected chi connectivity index (χ3v) is 5.59. The lowest BCUT2D eigenvalue weighted by Gasteiger charge is -2.32. The molecule has 1 amide bonds. The number of pyridine rings is 1. The average molecular weight is 394 g/mol. The van der Waals surface area contributed by atoms with Crippen molar-refractivity contribution in [1.29, 1.82) is 0 Å². The van der Waals surface area contributed by atoms with E-state index in [0.29, 0.717) is 18.0 Å². The summed E-state index contributed by atoms with van der Waals surface area (Å²) in [6.07, 6.45) is 3.31. The summed E-state index contributed by atoms with van der Waals surface area (Å²) >= 11 is 0. The number of hydrogen-bond acceptors (Lipinski definition) is 5. The molecule has 152 valence electrons. The Morgan fingerprint density at radius 2 is 2.24 bits per heavy atom. The van der Waals surface area contributed by atoms with Crippen molar-refractivity contribution in [2.45, 2.75) is 18.9 Å². The summed E-state index contributed by atoms with van der Waals surface area (Å²) in [6.45, 7) is 1.81. The number of hydrogen-bond donors (Lipinski definition) is 4. The van der Waals surface area contributed by atoms with Gasteiger partial charge in [-0.2, -0.15) is 0 Å². The van der Waals surface area contributed by atoms with E-state index in [1.807, 2.05) is 36.4 Å². The molecule has 1 fully saturated rings. The lowest BCUT2D eigenvalue weighted by molar-refractivity contribution is 0.0896. The second-order valence-corrected chi connectivity index (χ2v) is 7.38. The van der Waals surface area contributed by atoms with Crippen molar-refractivity contribution >= 4 is 16.8 Å². The second kappa shape index (κ2) is 8.63. The van der Waals surface area contributed by atoms with Crippen LogP contribution >= 0.6 is 0 Å². The van der Waals surface area contributed by atoms with Crippen molar-refractivity contribution in [3.8, 4) is 17.0 Å². The van der Waals surface area contributed by atoms with E-state index in [0.717, 1.165) is 41.5 Å². The van der Waals surface area contributed by atoms with Crippen LogP contribution < -0.4 is 15.4 Å². The van der Waals surface area contributed by atoms with Gasteiger partial charge in [-0.15, -0.1) is 0 Å². The zero-order chi connectivity index (χ0) is 20.2. The van der Waals surface area contributed by atoms with Crippen LogP contribution in [0.3, 0.4) is 0 Å². The molecule has 1 saturated heterocycles. The molecule has 1 aliphatic rings. The van der Waals surface area contributed by atoms with E-state index in [1.54, 1.807) is 13.3 Å². The molecule has 4 N–H and O–H groups in total. The summed E-state index contributed by atoms with van der Waals surface area (Å²) < 4.78 is 5.14. The molecular formula is C22H26N4O3. The number of carbonyl (C=O) groups is 1. The van der Waals surface area contributed by atoms with Crippen molar-refractivity contribution in [3.05, 3.63) is 48.3 Å². The van der Waals surface area contributed by atoms with Crippen molar-refractivity contribution < 1.29 is 14.6 Å². The van der Waals surface area contributed by atoms with Crippen molar-refractivity contribution in [1.82, 2.24) is 20.6 Å². The van der Waals surface area contributed by atoms with Crippen LogP contribution in [0.4, 0.5) is 0 Å². The van der Waals surface area contributed by atoms with Crippen LogP contribution in [0.5, 0.6) is 5.88 Å². The Bertz CT molecular complexity index is 981. The summed E-state index contributed by atoms with van der Waals surface area (Å²) in [5.74, 6) is 0.687. The molecule has 2 atom stereocenters. The fraction of sp³-hybridized carbons (Fsp3) is 0.364. The number of methoxy groups -OCH3 is 1. The normalized spacial score (nSPS) is 19.2. The summed E-state index contributed by atoms with van der Waals surface area (Å²) in [6, 6.07) is 11.7. The number of rotatable bonds is 6. The van der Waals surface area contributed by atoms with E-state index in [9.17, 15) is 9.90 Å². The molecule has 1 aliphatic heterocycles. The van der Waals surface area contributed by atoms with Crippen LogP contribution in [-0.2, 0) is 0 Å². The largest absolute Gasteiger partial charge is 0.481 e. The van der Waals surface area contributed by atoms with E-state index in [1.165, 1.54) is 0 Å². The number of amides is 1. The first-order valence-corrected chi connectivity index (χ1v) is 9.94. The van der Waals surface area contributed by atoms with Gasteiger partial charge in [0.1, 0.15) is 5.69 Å². The quantitative estimate of drug-likeness (QED) is 0.514. The lowest BCUT2D eigenvalue weighted by atomic mass is 9.90. The number of ether oxygens (including phenoxy) is 1. The molecule has 1 aromatic carbocycles. The fourth-order valence-electron chi connectivity index (χ4n) is 4.02. The Labute approximate surface area is 169 Å². The first-order chi connectivity index (χ1) is 14.2. The highest BCUT2D eigenvalue weighted by atomic mass is 16.5.